The van der Waals surface area contributed by atoms with Crippen LogP contribution < -0.4 is 5.32 Å². The fraction of sp³-hybridized carbons (Fsp3) is 0.647. The van der Waals surface area contributed by atoms with Crippen LogP contribution in [0.4, 0.5) is 0 Å². The molecule has 1 aromatic carbocycles. The molecule has 0 amide bonds. The van der Waals surface area contributed by atoms with Crippen LogP contribution in [0.15, 0.2) is 24.3 Å². The lowest BCUT2D eigenvalue weighted by molar-refractivity contribution is 0.222. The Hall–Kier alpha value is -0.530. The van der Waals surface area contributed by atoms with Gasteiger partial charge in [-0.25, -0.2) is 0 Å². The van der Waals surface area contributed by atoms with Gasteiger partial charge in [-0.2, -0.15) is 0 Å². The minimum Gasteiger partial charge on any atom is -0.314 e. The zero-order valence-corrected chi connectivity index (χ0v) is 13.7. The van der Waals surface area contributed by atoms with Gasteiger partial charge in [-0.15, -0.1) is 0 Å². The number of hydrogen-bond donors (Lipinski definition) is 1. The third-order valence-electron chi connectivity index (χ3n) is 3.98. The standard InChI is InChI=1S/C17H28ClN/c1-6-19-16(10-13(2)17(3,4)5)12-14-8-7-9-15(18)11-14/h7-9,11,13,16,19H,6,10,12H2,1-5H3. The van der Waals surface area contributed by atoms with E-state index in [1.807, 2.05) is 12.1 Å². The SMILES string of the molecule is CCNC(Cc1cccc(Cl)c1)CC(C)C(C)(C)C. The molecule has 108 valence electrons. The zero-order valence-electron chi connectivity index (χ0n) is 13.0. The lowest BCUT2D eigenvalue weighted by Crippen LogP contribution is -2.35. The van der Waals surface area contributed by atoms with Crippen molar-refractivity contribution < 1.29 is 0 Å². The molecule has 0 aliphatic rings. The topological polar surface area (TPSA) is 12.0 Å². The molecular formula is C17H28ClN. The van der Waals surface area contributed by atoms with Gasteiger partial charge in [0.2, 0.25) is 0 Å². The second-order valence-corrected chi connectivity index (χ2v) is 7.03. The van der Waals surface area contributed by atoms with E-state index >= 15 is 0 Å². The van der Waals surface area contributed by atoms with Crippen LogP contribution in [0.3, 0.4) is 0 Å². The van der Waals surface area contributed by atoms with Crippen LogP contribution in [0.25, 0.3) is 0 Å². The maximum absolute atomic E-state index is 6.06. The van der Waals surface area contributed by atoms with E-state index in [1.54, 1.807) is 0 Å². The Kier molecular flexibility index (Phi) is 6.35. The van der Waals surface area contributed by atoms with Crippen molar-refractivity contribution in [3.63, 3.8) is 0 Å². The monoisotopic (exact) mass is 281 g/mol. The number of benzene rings is 1. The maximum Gasteiger partial charge on any atom is 0.0408 e. The summed E-state index contributed by atoms with van der Waals surface area (Å²) < 4.78 is 0. The van der Waals surface area contributed by atoms with Crippen LogP contribution in [0, 0.1) is 11.3 Å². The summed E-state index contributed by atoms with van der Waals surface area (Å²) in [5.41, 5.74) is 1.68. The molecule has 19 heavy (non-hydrogen) atoms. The Bertz CT molecular complexity index is 381. The molecular weight excluding hydrogens is 254 g/mol. The molecule has 0 saturated heterocycles. The lowest BCUT2D eigenvalue weighted by atomic mass is 9.78. The molecule has 0 spiro atoms. The summed E-state index contributed by atoms with van der Waals surface area (Å²) in [7, 11) is 0. The van der Waals surface area contributed by atoms with E-state index < -0.39 is 0 Å². The summed E-state index contributed by atoms with van der Waals surface area (Å²) in [6.07, 6.45) is 2.25. The summed E-state index contributed by atoms with van der Waals surface area (Å²) in [5, 5.41) is 4.44. The predicted octanol–water partition coefficient (Wildman–Crippen LogP) is 4.93. The average Bonchev–Trinajstić information content (AvgIpc) is 2.27. The van der Waals surface area contributed by atoms with Crippen molar-refractivity contribution >= 4 is 11.6 Å². The van der Waals surface area contributed by atoms with Crippen molar-refractivity contribution in [3.8, 4) is 0 Å². The molecule has 0 radical (unpaired) electrons. The van der Waals surface area contributed by atoms with Crippen LogP contribution in [-0.2, 0) is 6.42 Å². The van der Waals surface area contributed by atoms with Crippen LogP contribution in [-0.4, -0.2) is 12.6 Å². The van der Waals surface area contributed by atoms with E-state index in [1.165, 1.54) is 12.0 Å². The van der Waals surface area contributed by atoms with Crippen molar-refractivity contribution in [2.75, 3.05) is 6.54 Å². The van der Waals surface area contributed by atoms with E-state index in [9.17, 15) is 0 Å². The molecule has 0 heterocycles. The highest BCUT2D eigenvalue weighted by Gasteiger charge is 2.23. The van der Waals surface area contributed by atoms with E-state index in [2.05, 4.69) is 52.1 Å². The van der Waals surface area contributed by atoms with Gasteiger partial charge in [-0.3, -0.25) is 0 Å². The number of halogens is 1. The number of nitrogens with one attached hydrogen (secondary N) is 1. The third kappa shape index (κ3) is 5.97. The van der Waals surface area contributed by atoms with Crippen LogP contribution in [0.5, 0.6) is 0 Å². The van der Waals surface area contributed by atoms with E-state index in [0.717, 1.165) is 18.0 Å². The first-order valence-corrected chi connectivity index (χ1v) is 7.68. The second kappa shape index (κ2) is 7.31. The van der Waals surface area contributed by atoms with E-state index in [4.69, 9.17) is 11.6 Å². The molecule has 2 atom stereocenters. The Labute approximate surface area is 123 Å². The highest BCUT2D eigenvalue weighted by atomic mass is 35.5. The lowest BCUT2D eigenvalue weighted by Gasteiger charge is -2.31. The molecule has 1 aromatic rings. The second-order valence-electron chi connectivity index (χ2n) is 6.59. The van der Waals surface area contributed by atoms with Crippen LogP contribution in [0.2, 0.25) is 5.02 Å². The number of likely N-dealkylation sites (N-methyl/N-ethyl adjacent to an activating group) is 1. The number of rotatable bonds is 6. The van der Waals surface area contributed by atoms with Gasteiger partial charge in [0, 0.05) is 11.1 Å². The normalized spacial score (nSPS) is 15.3. The Balaban J connectivity index is 2.67. The quantitative estimate of drug-likeness (QED) is 0.779. The first kappa shape index (κ1) is 16.5. The first-order valence-electron chi connectivity index (χ1n) is 7.30. The van der Waals surface area contributed by atoms with Crippen molar-refractivity contribution in [2.24, 2.45) is 11.3 Å². The largest absolute Gasteiger partial charge is 0.314 e. The third-order valence-corrected chi connectivity index (χ3v) is 4.22. The molecule has 2 heteroatoms. The van der Waals surface area contributed by atoms with Gasteiger partial charge in [-0.05, 0) is 48.4 Å². The van der Waals surface area contributed by atoms with Crippen molar-refractivity contribution in [1.82, 2.24) is 5.32 Å². The van der Waals surface area contributed by atoms with Crippen LogP contribution >= 0.6 is 11.6 Å². The Morgan fingerprint density at radius 1 is 1.26 bits per heavy atom. The van der Waals surface area contributed by atoms with Gasteiger partial charge in [0.1, 0.15) is 0 Å². The molecule has 0 bridgehead atoms. The molecule has 1 rings (SSSR count). The predicted molar refractivity (Wildman–Crippen MR) is 85.9 cm³/mol. The van der Waals surface area contributed by atoms with Crippen molar-refractivity contribution in [1.29, 1.82) is 0 Å². The molecule has 2 unspecified atom stereocenters. The summed E-state index contributed by atoms with van der Waals surface area (Å²) in [6.45, 7) is 12.5. The van der Waals surface area contributed by atoms with Crippen LogP contribution in [0.1, 0.15) is 46.6 Å². The van der Waals surface area contributed by atoms with Gasteiger partial charge < -0.3 is 5.32 Å². The van der Waals surface area contributed by atoms with E-state index in [-0.39, 0.29) is 0 Å². The van der Waals surface area contributed by atoms with Gasteiger partial charge in [0.25, 0.3) is 0 Å². The van der Waals surface area contributed by atoms with Gasteiger partial charge in [0.15, 0.2) is 0 Å². The minimum absolute atomic E-state index is 0.363. The molecule has 0 aliphatic heterocycles. The summed E-state index contributed by atoms with van der Waals surface area (Å²) >= 11 is 6.06. The fourth-order valence-corrected chi connectivity index (χ4v) is 2.47. The maximum atomic E-state index is 6.06. The molecule has 1 nitrogen and oxygen atoms in total. The van der Waals surface area contributed by atoms with Crippen molar-refractivity contribution in [2.45, 2.75) is 53.5 Å². The number of hydrogen-bond acceptors (Lipinski definition) is 1. The molecule has 0 aromatic heterocycles. The van der Waals surface area contributed by atoms with Gasteiger partial charge >= 0.3 is 0 Å². The fourth-order valence-electron chi connectivity index (χ4n) is 2.26. The zero-order chi connectivity index (χ0) is 14.5. The summed E-state index contributed by atoms with van der Waals surface area (Å²) in [4.78, 5) is 0. The van der Waals surface area contributed by atoms with Gasteiger partial charge in [0.05, 0.1) is 0 Å². The Morgan fingerprint density at radius 2 is 1.95 bits per heavy atom. The molecule has 1 N–H and O–H groups in total. The molecule has 0 fully saturated rings. The molecule has 0 saturated carbocycles. The van der Waals surface area contributed by atoms with E-state index in [0.29, 0.717) is 17.4 Å². The van der Waals surface area contributed by atoms with Crippen molar-refractivity contribution in [3.05, 3.63) is 34.9 Å². The van der Waals surface area contributed by atoms with Gasteiger partial charge in [-0.1, -0.05) is 58.4 Å². The minimum atomic E-state index is 0.363. The smallest absolute Gasteiger partial charge is 0.0408 e. The average molecular weight is 282 g/mol. The Morgan fingerprint density at radius 3 is 2.47 bits per heavy atom. The summed E-state index contributed by atoms with van der Waals surface area (Å²) in [5.74, 6) is 0.690. The first-order chi connectivity index (χ1) is 8.82. The highest BCUT2D eigenvalue weighted by Crippen LogP contribution is 2.29. The highest BCUT2D eigenvalue weighted by molar-refractivity contribution is 6.30. The summed E-state index contributed by atoms with van der Waals surface area (Å²) in [6, 6.07) is 8.74. The molecule has 0 aliphatic carbocycles.